The monoisotopic (exact) mass is 360 g/mol. The predicted molar refractivity (Wildman–Crippen MR) is 106 cm³/mol. The van der Waals surface area contributed by atoms with Gasteiger partial charge in [-0.2, -0.15) is 0 Å². The summed E-state index contributed by atoms with van der Waals surface area (Å²) in [6, 6.07) is 12.3. The molecule has 0 bridgehead atoms. The van der Waals surface area contributed by atoms with Crippen LogP contribution in [0, 0.1) is 0 Å². The zero-order chi connectivity index (χ0) is 18.4. The summed E-state index contributed by atoms with van der Waals surface area (Å²) < 4.78 is 0. The van der Waals surface area contributed by atoms with E-state index in [9.17, 15) is 4.79 Å². The van der Waals surface area contributed by atoms with Crippen LogP contribution in [-0.4, -0.2) is 52.4 Å². The maximum Gasteiger partial charge on any atom is 0.255 e. The molecule has 0 atom stereocenters. The Bertz CT molecular complexity index is 986. The number of hydrogen-bond acceptors (Lipinski definition) is 3. The fourth-order valence-electron chi connectivity index (χ4n) is 4.92. The molecule has 138 valence electrons. The smallest absolute Gasteiger partial charge is 0.255 e. The second-order valence-corrected chi connectivity index (χ2v) is 7.76. The first kappa shape index (κ1) is 16.5. The quantitative estimate of drug-likeness (QED) is 0.725. The van der Waals surface area contributed by atoms with Crippen molar-refractivity contribution in [1.82, 2.24) is 19.8 Å². The van der Waals surface area contributed by atoms with E-state index in [0.717, 1.165) is 38.9 Å². The van der Waals surface area contributed by atoms with Gasteiger partial charge in [0.15, 0.2) is 0 Å². The lowest BCUT2D eigenvalue weighted by molar-refractivity contribution is 0.0231. The van der Waals surface area contributed by atoms with Gasteiger partial charge >= 0.3 is 0 Å². The number of carbonyl (C=O) groups is 1. The van der Waals surface area contributed by atoms with E-state index in [1.807, 2.05) is 17.0 Å². The molecule has 2 aromatic heterocycles. The van der Waals surface area contributed by atoms with Crippen molar-refractivity contribution >= 4 is 16.8 Å². The predicted octanol–water partition coefficient (Wildman–Crippen LogP) is 3.18. The van der Waals surface area contributed by atoms with Gasteiger partial charge in [0.1, 0.15) is 0 Å². The van der Waals surface area contributed by atoms with Gasteiger partial charge in [-0.3, -0.25) is 14.7 Å². The Labute approximate surface area is 159 Å². The molecule has 1 N–H and O–H groups in total. The van der Waals surface area contributed by atoms with Crippen LogP contribution in [0.5, 0.6) is 0 Å². The van der Waals surface area contributed by atoms with E-state index >= 15 is 0 Å². The maximum absolute atomic E-state index is 12.8. The van der Waals surface area contributed by atoms with Gasteiger partial charge in [-0.25, -0.2) is 0 Å². The topological polar surface area (TPSA) is 52.2 Å². The maximum atomic E-state index is 12.8. The molecule has 5 heteroatoms. The van der Waals surface area contributed by atoms with E-state index < -0.39 is 0 Å². The fourth-order valence-corrected chi connectivity index (χ4v) is 4.92. The number of likely N-dealkylation sites (tertiary alicyclic amines) is 1. The lowest BCUT2D eigenvalue weighted by atomic mass is 9.78. The summed E-state index contributed by atoms with van der Waals surface area (Å²) in [4.78, 5) is 25.1. The summed E-state index contributed by atoms with van der Waals surface area (Å²) in [7, 11) is 2.23. The number of benzene rings is 1. The Hall–Kier alpha value is -2.66. The van der Waals surface area contributed by atoms with Gasteiger partial charge in [0.25, 0.3) is 5.91 Å². The second-order valence-electron chi connectivity index (χ2n) is 7.76. The van der Waals surface area contributed by atoms with Crippen LogP contribution in [0.25, 0.3) is 10.9 Å². The molecule has 27 heavy (non-hydrogen) atoms. The van der Waals surface area contributed by atoms with E-state index in [2.05, 4.69) is 46.2 Å². The number of fused-ring (bicyclic) bond motifs is 4. The molecule has 1 saturated heterocycles. The number of rotatable bonds is 1. The summed E-state index contributed by atoms with van der Waals surface area (Å²) in [5, 5.41) is 1.36. The van der Waals surface area contributed by atoms with Crippen LogP contribution in [-0.2, 0) is 12.0 Å². The Morgan fingerprint density at radius 1 is 1.11 bits per heavy atom. The van der Waals surface area contributed by atoms with Crippen LogP contribution >= 0.6 is 0 Å². The van der Waals surface area contributed by atoms with E-state index in [-0.39, 0.29) is 11.4 Å². The average Bonchev–Trinajstić information content (AvgIpc) is 3.11. The van der Waals surface area contributed by atoms with E-state index in [1.54, 1.807) is 12.4 Å². The van der Waals surface area contributed by atoms with Crippen molar-refractivity contribution in [1.29, 1.82) is 0 Å². The largest absolute Gasteiger partial charge is 0.357 e. The zero-order valence-corrected chi connectivity index (χ0v) is 15.6. The number of nitrogens with zero attached hydrogens (tertiary/aromatic N) is 3. The van der Waals surface area contributed by atoms with Crippen molar-refractivity contribution in [2.24, 2.45) is 0 Å². The number of carbonyl (C=O) groups excluding carboxylic acids is 1. The van der Waals surface area contributed by atoms with Crippen LogP contribution < -0.4 is 0 Å². The molecule has 1 fully saturated rings. The number of nitrogens with one attached hydrogen (secondary N) is 1. The van der Waals surface area contributed by atoms with Gasteiger partial charge in [-0.15, -0.1) is 0 Å². The van der Waals surface area contributed by atoms with Gasteiger partial charge < -0.3 is 9.88 Å². The summed E-state index contributed by atoms with van der Waals surface area (Å²) >= 11 is 0. The highest BCUT2D eigenvalue weighted by Gasteiger charge is 2.45. The Kier molecular flexibility index (Phi) is 3.79. The first-order valence-electron chi connectivity index (χ1n) is 9.70. The summed E-state index contributed by atoms with van der Waals surface area (Å²) in [5.41, 5.74) is 4.74. The van der Waals surface area contributed by atoms with Crippen molar-refractivity contribution in [2.75, 3.05) is 26.7 Å². The normalized spacial score (nSPS) is 19.4. The number of H-pyrrole nitrogens is 1. The lowest BCUT2D eigenvalue weighted by Crippen LogP contribution is -2.55. The zero-order valence-electron chi connectivity index (χ0n) is 15.6. The highest BCUT2D eigenvalue weighted by atomic mass is 16.2. The molecular weight excluding hydrogens is 336 g/mol. The van der Waals surface area contributed by atoms with Crippen molar-refractivity contribution in [2.45, 2.75) is 24.8 Å². The number of likely N-dealkylation sites (N-methyl/N-ethyl adjacent to an activating group) is 1. The molecule has 0 saturated carbocycles. The van der Waals surface area contributed by atoms with E-state index in [0.29, 0.717) is 5.56 Å². The van der Waals surface area contributed by atoms with Gasteiger partial charge in [0.2, 0.25) is 0 Å². The van der Waals surface area contributed by atoms with Crippen molar-refractivity contribution in [3.63, 3.8) is 0 Å². The first-order chi connectivity index (χ1) is 13.2. The Balaban J connectivity index is 1.46. The third kappa shape index (κ3) is 2.49. The molecule has 4 heterocycles. The number of amides is 1. The van der Waals surface area contributed by atoms with Gasteiger partial charge in [0, 0.05) is 48.6 Å². The third-order valence-electron chi connectivity index (χ3n) is 6.49. The fraction of sp³-hybridized carbons (Fsp3) is 0.364. The molecule has 0 unspecified atom stereocenters. The van der Waals surface area contributed by atoms with Gasteiger partial charge in [-0.1, -0.05) is 18.2 Å². The van der Waals surface area contributed by atoms with Crippen molar-refractivity contribution < 1.29 is 4.79 Å². The molecule has 5 rings (SSSR count). The molecule has 2 aliphatic heterocycles. The van der Waals surface area contributed by atoms with Crippen LogP contribution in [0.15, 0.2) is 48.8 Å². The molecule has 1 amide bonds. The Morgan fingerprint density at radius 3 is 2.70 bits per heavy atom. The highest BCUT2D eigenvalue weighted by Crippen LogP contribution is 2.44. The number of para-hydroxylation sites is 1. The summed E-state index contributed by atoms with van der Waals surface area (Å²) in [5.74, 6) is 0.0910. The molecule has 1 aromatic carbocycles. The number of pyridine rings is 1. The van der Waals surface area contributed by atoms with Crippen LogP contribution in [0.2, 0.25) is 0 Å². The second kappa shape index (κ2) is 6.20. The standard InChI is InChI=1S/C22H24N4O/c1-25-12-8-18-17-6-2-3-7-19(17)24-20(18)22(25)9-13-26(14-10-22)21(27)16-5-4-11-23-15-16/h2-7,11,15,24H,8-10,12-14H2,1H3. The number of aromatic nitrogens is 2. The molecule has 5 nitrogen and oxygen atoms in total. The molecule has 2 aliphatic rings. The minimum absolute atomic E-state index is 0.00167. The van der Waals surface area contributed by atoms with Crippen LogP contribution in [0.1, 0.15) is 34.5 Å². The molecule has 0 radical (unpaired) electrons. The summed E-state index contributed by atoms with van der Waals surface area (Å²) in [6.07, 6.45) is 6.35. The minimum Gasteiger partial charge on any atom is -0.357 e. The Morgan fingerprint density at radius 2 is 1.93 bits per heavy atom. The summed E-state index contributed by atoms with van der Waals surface area (Å²) in [6.45, 7) is 2.60. The van der Waals surface area contributed by atoms with E-state index in [1.165, 1.54) is 22.2 Å². The average molecular weight is 360 g/mol. The molecule has 0 aliphatic carbocycles. The molecule has 1 spiro atoms. The van der Waals surface area contributed by atoms with Crippen molar-refractivity contribution in [3.8, 4) is 0 Å². The van der Waals surface area contributed by atoms with Crippen LogP contribution in [0.4, 0.5) is 0 Å². The third-order valence-corrected chi connectivity index (χ3v) is 6.49. The van der Waals surface area contributed by atoms with Crippen LogP contribution in [0.3, 0.4) is 0 Å². The first-order valence-corrected chi connectivity index (χ1v) is 9.70. The highest BCUT2D eigenvalue weighted by molar-refractivity contribution is 5.94. The number of piperidine rings is 1. The number of hydrogen-bond donors (Lipinski definition) is 1. The molecular formula is C22H24N4O. The van der Waals surface area contributed by atoms with Gasteiger partial charge in [0.05, 0.1) is 11.1 Å². The lowest BCUT2D eigenvalue weighted by Gasteiger charge is -2.49. The minimum atomic E-state index is -0.00167. The van der Waals surface area contributed by atoms with Gasteiger partial charge in [-0.05, 0) is 50.1 Å². The number of aromatic amines is 1. The molecule has 3 aromatic rings. The van der Waals surface area contributed by atoms with E-state index in [4.69, 9.17) is 0 Å². The van der Waals surface area contributed by atoms with Crippen molar-refractivity contribution in [3.05, 3.63) is 65.6 Å². The SMILES string of the molecule is CN1CCc2c([nH]c3ccccc23)C12CCN(C(=O)c1cccnc1)CC2.